The summed E-state index contributed by atoms with van der Waals surface area (Å²) in [6.07, 6.45) is 0.538. The molecule has 1 unspecified atom stereocenters. The predicted molar refractivity (Wildman–Crippen MR) is 73.2 cm³/mol. The number of hydrogen-bond acceptors (Lipinski definition) is 2. The van der Waals surface area contributed by atoms with Crippen LogP contribution in [0, 0.1) is 13.8 Å². The molecule has 1 aromatic rings. The fourth-order valence-electron chi connectivity index (χ4n) is 1.82. The predicted octanol–water partition coefficient (Wildman–Crippen LogP) is 3.35. The summed E-state index contributed by atoms with van der Waals surface area (Å²) in [5, 5.41) is 10.5. The molecule has 0 fully saturated rings. The van der Waals surface area contributed by atoms with Gasteiger partial charge in [0.25, 0.3) is 0 Å². The molecule has 0 spiro atoms. The minimum absolute atomic E-state index is 0.228. The second kappa shape index (κ2) is 6.31. The van der Waals surface area contributed by atoms with Gasteiger partial charge in [0.05, 0.1) is 6.10 Å². The molecular weight excluding hydrogens is 216 g/mol. The molecule has 0 saturated carbocycles. The maximum absolute atomic E-state index is 9.91. The highest BCUT2D eigenvalue weighted by atomic mass is 32.2. The molecule has 16 heavy (non-hydrogen) atoms. The van der Waals surface area contributed by atoms with Gasteiger partial charge in [-0.3, -0.25) is 0 Å². The normalized spacial score (nSPS) is 13.1. The van der Waals surface area contributed by atoms with Crippen molar-refractivity contribution in [1.29, 1.82) is 0 Å². The summed E-state index contributed by atoms with van der Waals surface area (Å²) >= 11 is 1.82. The summed E-state index contributed by atoms with van der Waals surface area (Å²) in [7, 11) is 0. The number of benzene rings is 1. The summed E-state index contributed by atoms with van der Waals surface area (Å²) in [4.78, 5) is 0. The van der Waals surface area contributed by atoms with Crippen LogP contribution >= 0.6 is 11.8 Å². The van der Waals surface area contributed by atoms with Crippen molar-refractivity contribution in [1.82, 2.24) is 0 Å². The molecule has 0 aromatic heterocycles. The largest absolute Gasteiger partial charge is 0.392 e. The van der Waals surface area contributed by atoms with E-state index in [0.29, 0.717) is 5.25 Å². The van der Waals surface area contributed by atoms with Crippen LogP contribution in [-0.4, -0.2) is 22.2 Å². The Hall–Kier alpha value is -0.470. The van der Waals surface area contributed by atoms with Gasteiger partial charge in [0.15, 0.2) is 0 Å². The zero-order chi connectivity index (χ0) is 12.1. The van der Waals surface area contributed by atoms with Crippen molar-refractivity contribution in [2.75, 3.05) is 5.75 Å². The Morgan fingerprint density at radius 2 is 1.69 bits per heavy atom. The second-order valence-electron chi connectivity index (χ2n) is 4.74. The van der Waals surface area contributed by atoms with Gasteiger partial charge >= 0.3 is 0 Å². The van der Waals surface area contributed by atoms with Crippen molar-refractivity contribution in [3.05, 3.63) is 34.9 Å². The Morgan fingerprint density at radius 1 is 1.12 bits per heavy atom. The number of thioether (sulfide) groups is 1. The first-order valence-corrected chi connectivity index (χ1v) is 6.89. The number of aryl methyl sites for hydroxylation is 2. The van der Waals surface area contributed by atoms with Crippen molar-refractivity contribution in [2.45, 2.75) is 45.5 Å². The third kappa shape index (κ3) is 5.04. The van der Waals surface area contributed by atoms with Crippen LogP contribution in [0.15, 0.2) is 18.2 Å². The summed E-state index contributed by atoms with van der Waals surface area (Å²) in [6, 6.07) is 6.49. The van der Waals surface area contributed by atoms with E-state index < -0.39 is 0 Å². The molecule has 1 atom stereocenters. The van der Waals surface area contributed by atoms with Gasteiger partial charge in [0, 0.05) is 5.75 Å². The first-order valence-electron chi connectivity index (χ1n) is 5.84. The van der Waals surface area contributed by atoms with Crippen LogP contribution in [0.25, 0.3) is 0 Å². The van der Waals surface area contributed by atoms with Crippen LogP contribution in [0.5, 0.6) is 0 Å². The van der Waals surface area contributed by atoms with E-state index in [4.69, 9.17) is 0 Å². The lowest BCUT2D eigenvalue weighted by Crippen LogP contribution is -2.15. The van der Waals surface area contributed by atoms with E-state index in [2.05, 4.69) is 45.9 Å². The molecule has 1 aromatic carbocycles. The molecule has 0 amide bonds. The van der Waals surface area contributed by atoms with Crippen molar-refractivity contribution in [2.24, 2.45) is 0 Å². The van der Waals surface area contributed by atoms with E-state index in [0.717, 1.165) is 12.2 Å². The monoisotopic (exact) mass is 238 g/mol. The zero-order valence-electron chi connectivity index (χ0n) is 10.7. The first-order chi connectivity index (χ1) is 7.47. The van der Waals surface area contributed by atoms with Gasteiger partial charge in [-0.05, 0) is 31.1 Å². The van der Waals surface area contributed by atoms with E-state index in [-0.39, 0.29) is 6.10 Å². The van der Waals surface area contributed by atoms with Crippen LogP contribution in [0.3, 0.4) is 0 Å². The lowest BCUT2D eigenvalue weighted by atomic mass is 10.0. The molecule has 1 rings (SSSR count). The van der Waals surface area contributed by atoms with Crippen LogP contribution in [0.1, 0.15) is 30.5 Å². The fraction of sp³-hybridized carbons (Fsp3) is 0.571. The first kappa shape index (κ1) is 13.6. The highest BCUT2D eigenvalue weighted by Gasteiger charge is 2.07. The molecule has 2 heteroatoms. The van der Waals surface area contributed by atoms with Crippen molar-refractivity contribution in [3.63, 3.8) is 0 Å². The van der Waals surface area contributed by atoms with Gasteiger partial charge in [-0.25, -0.2) is 0 Å². The van der Waals surface area contributed by atoms with Crippen molar-refractivity contribution >= 4 is 11.8 Å². The molecule has 0 radical (unpaired) electrons. The highest BCUT2D eigenvalue weighted by Crippen LogP contribution is 2.15. The number of hydrogen-bond donors (Lipinski definition) is 1. The van der Waals surface area contributed by atoms with Crippen LogP contribution < -0.4 is 0 Å². The van der Waals surface area contributed by atoms with Crippen molar-refractivity contribution < 1.29 is 5.11 Å². The SMILES string of the molecule is Cc1cc(C)cc(CC(O)CSC(C)C)c1. The van der Waals surface area contributed by atoms with Crippen LogP contribution in [0.4, 0.5) is 0 Å². The maximum atomic E-state index is 9.91. The minimum atomic E-state index is -0.228. The Balaban J connectivity index is 2.52. The second-order valence-corrected chi connectivity index (χ2v) is 6.35. The quantitative estimate of drug-likeness (QED) is 0.849. The average molecular weight is 238 g/mol. The molecule has 0 saturated heterocycles. The molecule has 0 heterocycles. The van der Waals surface area contributed by atoms with Gasteiger partial charge in [0.1, 0.15) is 0 Å². The molecule has 1 N–H and O–H groups in total. The Labute approximate surface area is 103 Å². The smallest absolute Gasteiger partial charge is 0.0670 e. The fourth-order valence-corrected chi connectivity index (χ4v) is 2.55. The third-order valence-corrected chi connectivity index (χ3v) is 3.62. The van der Waals surface area contributed by atoms with Gasteiger partial charge < -0.3 is 5.11 Å². The van der Waals surface area contributed by atoms with Crippen molar-refractivity contribution in [3.8, 4) is 0 Å². The third-order valence-electron chi connectivity index (χ3n) is 2.37. The maximum Gasteiger partial charge on any atom is 0.0670 e. The van der Waals surface area contributed by atoms with E-state index in [9.17, 15) is 5.11 Å². The summed E-state index contributed by atoms with van der Waals surface area (Å²) < 4.78 is 0. The molecule has 0 aliphatic carbocycles. The topological polar surface area (TPSA) is 20.2 Å². The number of rotatable bonds is 5. The van der Waals surface area contributed by atoms with E-state index >= 15 is 0 Å². The van der Waals surface area contributed by atoms with E-state index in [1.54, 1.807) is 0 Å². The standard InChI is InChI=1S/C14H22OS/c1-10(2)16-9-14(15)8-13-6-11(3)5-12(4)7-13/h5-7,10,14-15H,8-9H2,1-4H3. The molecule has 1 nitrogen and oxygen atoms in total. The van der Waals surface area contributed by atoms with E-state index in [1.165, 1.54) is 16.7 Å². The van der Waals surface area contributed by atoms with Gasteiger partial charge in [-0.15, -0.1) is 0 Å². The van der Waals surface area contributed by atoms with Crippen LogP contribution in [0.2, 0.25) is 0 Å². The van der Waals surface area contributed by atoms with Gasteiger partial charge in [-0.1, -0.05) is 43.2 Å². The van der Waals surface area contributed by atoms with Gasteiger partial charge in [-0.2, -0.15) is 11.8 Å². The molecular formula is C14H22OS. The lowest BCUT2D eigenvalue weighted by molar-refractivity contribution is 0.200. The van der Waals surface area contributed by atoms with Gasteiger partial charge in [0.2, 0.25) is 0 Å². The zero-order valence-corrected chi connectivity index (χ0v) is 11.5. The summed E-state index contributed by atoms with van der Waals surface area (Å²) in [5.41, 5.74) is 3.80. The molecule has 0 bridgehead atoms. The highest BCUT2D eigenvalue weighted by molar-refractivity contribution is 7.99. The Morgan fingerprint density at radius 3 is 2.19 bits per heavy atom. The van der Waals surface area contributed by atoms with E-state index in [1.807, 2.05) is 11.8 Å². The average Bonchev–Trinajstić information content (AvgIpc) is 2.12. The molecule has 0 aliphatic rings. The van der Waals surface area contributed by atoms with Crippen LogP contribution in [-0.2, 0) is 6.42 Å². The molecule has 90 valence electrons. The molecule has 0 aliphatic heterocycles. The summed E-state index contributed by atoms with van der Waals surface area (Å²) in [6.45, 7) is 8.53. The Kier molecular flexibility index (Phi) is 5.36. The Bertz CT molecular complexity index is 313. The summed E-state index contributed by atoms with van der Waals surface area (Å²) in [5.74, 6) is 0.824. The number of aliphatic hydroxyl groups excluding tert-OH is 1. The lowest BCUT2D eigenvalue weighted by Gasteiger charge is -2.13. The number of aliphatic hydroxyl groups is 1. The minimum Gasteiger partial charge on any atom is -0.392 e.